The van der Waals surface area contributed by atoms with E-state index in [1.807, 2.05) is 7.05 Å². The molecule has 0 aliphatic heterocycles. The molecule has 4 nitrogen and oxygen atoms in total. The van der Waals surface area contributed by atoms with Gasteiger partial charge in [-0.1, -0.05) is 25.1 Å². The van der Waals surface area contributed by atoms with Crippen LogP contribution in [0.2, 0.25) is 0 Å². The van der Waals surface area contributed by atoms with Crippen molar-refractivity contribution >= 4 is 28.2 Å². The molecular weight excluding hydrogens is 316 g/mol. The van der Waals surface area contributed by atoms with Crippen LogP contribution in [0.1, 0.15) is 23.6 Å². The van der Waals surface area contributed by atoms with E-state index in [4.69, 9.17) is 0 Å². The number of guanidine groups is 1. The molecule has 3 aromatic rings. The predicted octanol–water partition coefficient (Wildman–Crippen LogP) is 3.70. The van der Waals surface area contributed by atoms with E-state index in [1.165, 1.54) is 27.6 Å². The summed E-state index contributed by atoms with van der Waals surface area (Å²) in [5.41, 5.74) is 5.28. The molecule has 0 aliphatic rings. The third kappa shape index (κ3) is 3.79. The van der Waals surface area contributed by atoms with Crippen molar-refractivity contribution in [2.24, 2.45) is 4.99 Å². The maximum absolute atomic E-state index is 4.29. The lowest BCUT2D eigenvalue weighted by atomic mass is 10.1. The molecule has 0 radical (unpaired) electrons. The Kier molecular flexibility index (Phi) is 5.54. The Balaban J connectivity index is 1.55. The number of hydrogen-bond acceptors (Lipinski definition) is 2. The molecule has 0 amide bonds. The van der Waals surface area contributed by atoms with Crippen molar-refractivity contribution in [2.45, 2.75) is 26.3 Å². The number of H-pyrrole nitrogens is 1. The van der Waals surface area contributed by atoms with Crippen LogP contribution >= 0.6 is 11.3 Å². The number of nitrogens with one attached hydrogen (secondary N) is 3. The van der Waals surface area contributed by atoms with E-state index in [9.17, 15) is 0 Å². The standard InChI is InChI=1S/C19H24N4S/c1-3-15-5-4-6-17-16(12-22-18(15)17)7-9-21-19(20-2)23-11-14-8-10-24-13-14/h4-6,8,10,12-13,22H,3,7,9,11H2,1-2H3,(H2,20,21,23). The topological polar surface area (TPSA) is 52.2 Å². The number of thiophene rings is 1. The largest absolute Gasteiger partial charge is 0.361 e. The third-order valence-electron chi connectivity index (χ3n) is 4.22. The average molecular weight is 340 g/mol. The molecule has 0 saturated carbocycles. The van der Waals surface area contributed by atoms with Gasteiger partial charge in [-0.2, -0.15) is 11.3 Å². The van der Waals surface area contributed by atoms with Crippen LogP contribution in [0, 0.1) is 0 Å². The molecule has 0 fully saturated rings. The van der Waals surface area contributed by atoms with Crippen LogP contribution in [0.15, 0.2) is 46.2 Å². The number of aromatic amines is 1. The number of benzene rings is 1. The van der Waals surface area contributed by atoms with Gasteiger partial charge < -0.3 is 15.6 Å². The normalized spacial score (nSPS) is 11.8. The summed E-state index contributed by atoms with van der Waals surface area (Å²) in [6.45, 7) is 3.85. The van der Waals surface area contributed by atoms with Crippen molar-refractivity contribution in [1.29, 1.82) is 0 Å². The van der Waals surface area contributed by atoms with Gasteiger partial charge in [-0.05, 0) is 46.4 Å². The zero-order valence-corrected chi connectivity index (χ0v) is 15.0. The van der Waals surface area contributed by atoms with Crippen molar-refractivity contribution in [1.82, 2.24) is 15.6 Å². The Labute approximate surface area is 147 Å². The Morgan fingerprint density at radius 2 is 2.12 bits per heavy atom. The number of aromatic nitrogens is 1. The maximum Gasteiger partial charge on any atom is 0.191 e. The van der Waals surface area contributed by atoms with E-state index < -0.39 is 0 Å². The minimum Gasteiger partial charge on any atom is -0.361 e. The number of nitrogens with zero attached hydrogens (tertiary/aromatic N) is 1. The molecule has 3 rings (SSSR count). The highest BCUT2D eigenvalue weighted by Gasteiger charge is 2.06. The van der Waals surface area contributed by atoms with Gasteiger partial charge in [0.2, 0.25) is 0 Å². The molecule has 0 bridgehead atoms. The van der Waals surface area contributed by atoms with Gasteiger partial charge in [0.05, 0.1) is 0 Å². The molecular formula is C19H24N4S. The van der Waals surface area contributed by atoms with Gasteiger partial charge in [0.1, 0.15) is 0 Å². The second-order valence-corrected chi connectivity index (χ2v) is 6.52. The van der Waals surface area contributed by atoms with Gasteiger partial charge >= 0.3 is 0 Å². The van der Waals surface area contributed by atoms with Crippen LogP contribution in [-0.2, 0) is 19.4 Å². The summed E-state index contributed by atoms with van der Waals surface area (Å²) in [4.78, 5) is 7.72. The summed E-state index contributed by atoms with van der Waals surface area (Å²) in [6, 6.07) is 8.66. The quantitative estimate of drug-likeness (QED) is 0.473. The van der Waals surface area contributed by atoms with Gasteiger partial charge in [-0.15, -0.1) is 0 Å². The molecule has 0 unspecified atom stereocenters. The lowest BCUT2D eigenvalue weighted by Gasteiger charge is -2.11. The second kappa shape index (κ2) is 8.02. The van der Waals surface area contributed by atoms with Gasteiger partial charge in [-0.3, -0.25) is 4.99 Å². The lowest BCUT2D eigenvalue weighted by Crippen LogP contribution is -2.37. The highest BCUT2D eigenvalue weighted by Crippen LogP contribution is 2.22. The van der Waals surface area contributed by atoms with Crippen LogP contribution < -0.4 is 10.6 Å². The number of aliphatic imine (C=N–C) groups is 1. The van der Waals surface area contributed by atoms with Gasteiger partial charge in [-0.25, -0.2) is 0 Å². The van der Waals surface area contributed by atoms with Crippen molar-refractivity contribution in [3.63, 3.8) is 0 Å². The monoisotopic (exact) mass is 340 g/mol. The molecule has 0 atom stereocenters. The fourth-order valence-corrected chi connectivity index (χ4v) is 3.56. The molecule has 1 aromatic carbocycles. The number of hydrogen-bond donors (Lipinski definition) is 3. The first-order chi connectivity index (χ1) is 11.8. The van der Waals surface area contributed by atoms with Crippen LogP contribution in [0.5, 0.6) is 0 Å². The van der Waals surface area contributed by atoms with Crippen LogP contribution in [0.25, 0.3) is 10.9 Å². The van der Waals surface area contributed by atoms with Crippen LogP contribution in [0.3, 0.4) is 0 Å². The number of fused-ring (bicyclic) bond motifs is 1. The summed E-state index contributed by atoms with van der Waals surface area (Å²) in [6.07, 6.45) is 4.15. The van der Waals surface area contributed by atoms with Crippen LogP contribution in [0.4, 0.5) is 0 Å². The Bertz CT molecular complexity index is 802. The van der Waals surface area contributed by atoms with E-state index in [0.717, 1.165) is 31.9 Å². The Hall–Kier alpha value is -2.27. The molecule has 126 valence electrons. The summed E-state index contributed by atoms with van der Waals surface area (Å²) >= 11 is 1.72. The van der Waals surface area contributed by atoms with Crippen molar-refractivity contribution in [2.75, 3.05) is 13.6 Å². The molecule has 3 N–H and O–H groups in total. The molecule has 2 aromatic heterocycles. The summed E-state index contributed by atoms with van der Waals surface area (Å²) < 4.78 is 0. The fourth-order valence-electron chi connectivity index (χ4n) is 2.89. The van der Waals surface area contributed by atoms with Crippen molar-refractivity contribution in [3.8, 4) is 0 Å². The first-order valence-corrected chi connectivity index (χ1v) is 9.29. The summed E-state index contributed by atoms with van der Waals surface area (Å²) in [7, 11) is 1.81. The van der Waals surface area contributed by atoms with E-state index >= 15 is 0 Å². The van der Waals surface area contributed by atoms with Gasteiger partial charge in [0.15, 0.2) is 5.96 Å². The minimum atomic E-state index is 0.802. The summed E-state index contributed by atoms with van der Waals surface area (Å²) in [5.74, 6) is 0.843. The smallest absolute Gasteiger partial charge is 0.191 e. The molecule has 0 aliphatic carbocycles. The summed E-state index contributed by atoms with van der Waals surface area (Å²) in [5, 5.41) is 12.3. The first-order valence-electron chi connectivity index (χ1n) is 8.35. The molecule has 24 heavy (non-hydrogen) atoms. The molecule has 0 spiro atoms. The second-order valence-electron chi connectivity index (χ2n) is 5.74. The van der Waals surface area contributed by atoms with E-state index in [-0.39, 0.29) is 0 Å². The number of aryl methyl sites for hydroxylation is 1. The van der Waals surface area contributed by atoms with Gasteiger partial charge in [0.25, 0.3) is 0 Å². The Morgan fingerprint density at radius 1 is 1.21 bits per heavy atom. The number of para-hydroxylation sites is 1. The molecule has 5 heteroatoms. The van der Waals surface area contributed by atoms with E-state index in [0.29, 0.717) is 0 Å². The Morgan fingerprint density at radius 3 is 2.88 bits per heavy atom. The van der Waals surface area contributed by atoms with E-state index in [1.54, 1.807) is 11.3 Å². The zero-order chi connectivity index (χ0) is 16.8. The van der Waals surface area contributed by atoms with Gasteiger partial charge in [0, 0.05) is 37.2 Å². The highest BCUT2D eigenvalue weighted by atomic mass is 32.1. The minimum absolute atomic E-state index is 0.802. The predicted molar refractivity (Wildman–Crippen MR) is 104 cm³/mol. The lowest BCUT2D eigenvalue weighted by molar-refractivity contribution is 0.797. The molecule has 0 saturated heterocycles. The zero-order valence-electron chi connectivity index (χ0n) is 14.2. The highest BCUT2D eigenvalue weighted by molar-refractivity contribution is 7.07. The van der Waals surface area contributed by atoms with Crippen molar-refractivity contribution < 1.29 is 0 Å². The SMILES string of the molecule is CCc1cccc2c(CCNC(=NC)NCc3ccsc3)c[nH]c12. The third-order valence-corrected chi connectivity index (χ3v) is 4.95. The average Bonchev–Trinajstić information content (AvgIpc) is 3.27. The first kappa shape index (κ1) is 16.6. The van der Waals surface area contributed by atoms with E-state index in [2.05, 4.69) is 68.8 Å². The van der Waals surface area contributed by atoms with Crippen LogP contribution in [-0.4, -0.2) is 24.5 Å². The fraction of sp³-hybridized carbons (Fsp3) is 0.316. The molecule has 2 heterocycles. The maximum atomic E-state index is 4.29. The van der Waals surface area contributed by atoms with Crippen molar-refractivity contribution in [3.05, 3.63) is 57.9 Å². The number of rotatable bonds is 6.